The van der Waals surface area contributed by atoms with Gasteiger partial charge in [0.15, 0.2) is 0 Å². The van der Waals surface area contributed by atoms with Crippen molar-refractivity contribution in [3.8, 4) is 0 Å². The van der Waals surface area contributed by atoms with Crippen molar-refractivity contribution in [1.82, 2.24) is 5.32 Å². The molecule has 0 aliphatic heterocycles. The molecule has 0 aromatic heterocycles. The monoisotopic (exact) mass is 217 g/mol. The van der Waals surface area contributed by atoms with Crippen LogP contribution in [0, 0.1) is 5.92 Å². The third-order valence-corrected chi connectivity index (χ3v) is 2.41. The molecule has 5 nitrogen and oxygen atoms in total. The molecule has 15 heavy (non-hydrogen) atoms. The van der Waals surface area contributed by atoms with E-state index < -0.39 is 24.4 Å². The molecule has 0 radical (unpaired) electrons. The van der Waals surface area contributed by atoms with Gasteiger partial charge in [0, 0.05) is 6.54 Å². The summed E-state index contributed by atoms with van der Waals surface area (Å²) >= 11 is 0. The highest BCUT2D eigenvalue weighted by Crippen LogP contribution is 2.12. The van der Waals surface area contributed by atoms with Crippen LogP contribution in [0.4, 0.5) is 0 Å². The first-order valence-corrected chi connectivity index (χ1v) is 5.17. The predicted octanol–water partition coefficient (Wildman–Crippen LogP) is 0.374. The number of hydrogen-bond acceptors (Lipinski definition) is 3. The Balaban J connectivity index is 3.83. The minimum Gasteiger partial charge on any atom is -0.481 e. The zero-order chi connectivity index (χ0) is 11.8. The number of hydrogen-bond donors (Lipinski definition) is 3. The molecule has 88 valence electrons. The molecule has 0 aliphatic rings. The Kier molecular flexibility index (Phi) is 6.70. The maximum atomic E-state index is 11.0. The number of carbonyl (C=O) groups excluding carboxylic acids is 1. The van der Waals surface area contributed by atoms with E-state index in [1.807, 2.05) is 13.8 Å². The molecular formula is C10H19NO4. The molecule has 1 atom stereocenters. The van der Waals surface area contributed by atoms with Gasteiger partial charge in [-0.15, -0.1) is 0 Å². The zero-order valence-electron chi connectivity index (χ0n) is 9.19. The van der Waals surface area contributed by atoms with E-state index in [2.05, 4.69) is 5.32 Å². The van der Waals surface area contributed by atoms with Gasteiger partial charge in [-0.05, 0) is 5.92 Å². The van der Waals surface area contributed by atoms with Gasteiger partial charge < -0.3 is 15.5 Å². The van der Waals surface area contributed by atoms with Gasteiger partial charge in [-0.1, -0.05) is 26.7 Å². The summed E-state index contributed by atoms with van der Waals surface area (Å²) < 4.78 is 0. The number of aliphatic hydroxyl groups excluding tert-OH is 1. The quantitative estimate of drug-likeness (QED) is 0.538. The minimum absolute atomic E-state index is 0.123. The van der Waals surface area contributed by atoms with Crippen molar-refractivity contribution in [3.05, 3.63) is 0 Å². The van der Waals surface area contributed by atoms with Crippen molar-refractivity contribution in [2.75, 3.05) is 6.54 Å². The Labute approximate surface area is 89.5 Å². The van der Waals surface area contributed by atoms with Crippen molar-refractivity contribution >= 4 is 11.9 Å². The number of carboxylic acids is 1. The summed E-state index contributed by atoms with van der Waals surface area (Å²) in [5, 5.41) is 20.4. The Morgan fingerprint density at radius 2 is 1.80 bits per heavy atom. The Hall–Kier alpha value is -1.10. The maximum Gasteiger partial charge on any atom is 0.312 e. The van der Waals surface area contributed by atoms with E-state index in [-0.39, 0.29) is 12.5 Å². The average molecular weight is 217 g/mol. The summed E-state index contributed by atoms with van der Waals surface area (Å²) in [6, 6.07) is 0. The van der Waals surface area contributed by atoms with Crippen LogP contribution in [0.3, 0.4) is 0 Å². The standard InChI is InChI=1S/C10H19NO4/c1-3-7(4-2)8(12)6-11-9(13)5-10(14)15/h7-8,12H,3-6H2,1-2H3,(H,11,13)(H,14,15). The van der Waals surface area contributed by atoms with Crippen molar-refractivity contribution < 1.29 is 19.8 Å². The number of carboxylic acid groups (broad SMARTS) is 1. The Morgan fingerprint density at radius 3 is 2.20 bits per heavy atom. The fourth-order valence-corrected chi connectivity index (χ4v) is 1.42. The van der Waals surface area contributed by atoms with Gasteiger partial charge in [0.2, 0.25) is 5.91 Å². The van der Waals surface area contributed by atoms with Crippen LogP contribution in [-0.2, 0) is 9.59 Å². The van der Waals surface area contributed by atoms with E-state index in [1.54, 1.807) is 0 Å². The number of aliphatic carboxylic acids is 1. The molecule has 1 amide bonds. The largest absolute Gasteiger partial charge is 0.481 e. The molecule has 0 fully saturated rings. The van der Waals surface area contributed by atoms with E-state index >= 15 is 0 Å². The van der Waals surface area contributed by atoms with E-state index in [1.165, 1.54) is 0 Å². The van der Waals surface area contributed by atoms with Crippen molar-refractivity contribution in [1.29, 1.82) is 0 Å². The summed E-state index contributed by atoms with van der Waals surface area (Å²) in [5.74, 6) is -1.58. The second kappa shape index (κ2) is 7.23. The first-order chi connectivity index (χ1) is 7.01. The van der Waals surface area contributed by atoms with Crippen LogP contribution in [0.25, 0.3) is 0 Å². The first-order valence-electron chi connectivity index (χ1n) is 5.17. The lowest BCUT2D eigenvalue weighted by atomic mass is 9.96. The summed E-state index contributed by atoms with van der Waals surface area (Å²) in [4.78, 5) is 21.1. The average Bonchev–Trinajstić information content (AvgIpc) is 2.15. The summed E-state index contributed by atoms with van der Waals surface area (Å²) in [6.45, 7) is 4.06. The van der Waals surface area contributed by atoms with Gasteiger partial charge in [0.25, 0.3) is 0 Å². The molecule has 0 aromatic carbocycles. The zero-order valence-corrected chi connectivity index (χ0v) is 9.19. The number of carbonyl (C=O) groups is 2. The minimum atomic E-state index is -1.16. The lowest BCUT2D eigenvalue weighted by Crippen LogP contribution is -2.36. The molecule has 1 unspecified atom stereocenters. The van der Waals surface area contributed by atoms with Crippen LogP contribution in [-0.4, -0.2) is 34.7 Å². The molecule has 0 saturated heterocycles. The van der Waals surface area contributed by atoms with Crippen molar-refractivity contribution in [2.45, 2.75) is 39.2 Å². The molecule has 0 rings (SSSR count). The van der Waals surface area contributed by atoms with Gasteiger partial charge in [0.05, 0.1) is 6.10 Å². The van der Waals surface area contributed by atoms with E-state index in [0.717, 1.165) is 12.8 Å². The van der Waals surface area contributed by atoms with Gasteiger partial charge >= 0.3 is 5.97 Å². The molecule has 5 heteroatoms. The lowest BCUT2D eigenvalue weighted by molar-refractivity contribution is -0.140. The number of aliphatic hydroxyl groups is 1. The van der Waals surface area contributed by atoms with Crippen LogP contribution < -0.4 is 5.32 Å². The van der Waals surface area contributed by atoms with Crippen LogP contribution in [0.15, 0.2) is 0 Å². The van der Waals surface area contributed by atoms with Gasteiger partial charge in [0.1, 0.15) is 6.42 Å². The van der Waals surface area contributed by atoms with Crippen molar-refractivity contribution in [2.24, 2.45) is 5.92 Å². The predicted molar refractivity (Wildman–Crippen MR) is 55.3 cm³/mol. The summed E-state index contributed by atoms with van der Waals surface area (Å²) in [7, 11) is 0. The number of amides is 1. The van der Waals surface area contributed by atoms with Crippen LogP contribution in [0.2, 0.25) is 0 Å². The molecular weight excluding hydrogens is 198 g/mol. The summed E-state index contributed by atoms with van der Waals surface area (Å²) in [6.07, 6.45) is 0.534. The van der Waals surface area contributed by atoms with Crippen molar-refractivity contribution in [3.63, 3.8) is 0 Å². The van der Waals surface area contributed by atoms with Crippen LogP contribution in [0.1, 0.15) is 33.1 Å². The fraction of sp³-hybridized carbons (Fsp3) is 0.800. The maximum absolute atomic E-state index is 11.0. The van der Waals surface area contributed by atoms with E-state index in [9.17, 15) is 14.7 Å². The fourth-order valence-electron chi connectivity index (χ4n) is 1.42. The molecule has 0 heterocycles. The highest BCUT2D eigenvalue weighted by Gasteiger charge is 2.16. The highest BCUT2D eigenvalue weighted by molar-refractivity contribution is 5.93. The Bertz CT molecular complexity index is 213. The van der Waals surface area contributed by atoms with Gasteiger partial charge in [-0.2, -0.15) is 0 Å². The smallest absolute Gasteiger partial charge is 0.312 e. The van der Waals surface area contributed by atoms with E-state index in [4.69, 9.17) is 5.11 Å². The van der Waals surface area contributed by atoms with E-state index in [0.29, 0.717) is 0 Å². The van der Waals surface area contributed by atoms with Crippen LogP contribution in [0.5, 0.6) is 0 Å². The lowest BCUT2D eigenvalue weighted by Gasteiger charge is -2.20. The first kappa shape index (κ1) is 13.9. The molecule has 3 N–H and O–H groups in total. The normalized spacial score (nSPS) is 12.5. The molecule has 0 aromatic rings. The van der Waals surface area contributed by atoms with Gasteiger partial charge in [-0.3, -0.25) is 9.59 Å². The Morgan fingerprint density at radius 1 is 1.27 bits per heavy atom. The second-order valence-electron chi connectivity index (χ2n) is 3.52. The third-order valence-electron chi connectivity index (χ3n) is 2.41. The van der Waals surface area contributed by atoms with Gasteiger partial charge in [-0.25, -0.2) is 0 Å². The topological polar surface area (TPSA) is 86.6 Å². The molecule has 0 bridgehead atoms. The highest BCUT2D eigenvalue weighted by atomic mass is 16.4. The summed E-state index contributed by atoms with van der Waals surface area (Å²) in [5.41, 5.74) is 0. The SMILES string of the molecule is CCC(CC)C(O)CNC(=O)CC(=O)O. The molecule has 0 saturated carbocycles. The number of rotatable bonds is 7. The van der Waals surface area contributed by atoms with Crippen LogP contribution >= 0.6 is 0 Å². The number of nitrogens with one attached hydrogen (secondary N) is 1. The third kappa shape index (κ3) is 6.06. The molecule has 0 aliphatic carbocycles. The second-order valence-corrected chi connectivity index (χ2v) is 3.52. The molecule has 0 spiro atoms.